The minimum absolute atomic E-state index is 0.00574. The molecule has 1 saturated heterocycles. The summed E-state index contributed by atoms with van der Waals surface area (Å²) in [7, 11) is 0. The first-order valence-corrected chi connectivity index (χ1v) is 6.08. The van der Waals surface area contributed by atoms with Crippen LogP contribution in [0.5, 0.6) is 0 Å². The highest BCUT2D eigenvalue weighted by Gasteiger charge is 2.32. The molecule has 0 aromatic heterocycles. The third-order valence-corrected chi connectivity index (χ3v) is 3.68. The van der Waals surface area contributed by atoms with E-state index in [0.29, 0.717) is 6.42 Å². The molecule has 0 radical (unpaired) electrons. The summed E-state index contributed by atoms with van der Waals surface area (Å²) < 4.78 is 0.879. The number of primary amides is 1. The van der Waals surface area contributed by atoms with Gasteiger partial charge in [0.25, 0.3) is 0 Å². The molecule has 0 spiro atoms. The van der Waals surface area contributed by atoms with Crippen LogP contribution in [0.15, 0.2) is 12.7 Å². The number of carbonyl (C=O) groups excluding carboxylic acids is 2. The van der Waals surface area contributed by atoms with Crippen molar-refractivity contribution in [2.45, 2.75) is 13.3 Å². The molecule has 5 nitrogen and oxygen atoms in total. The molecule has 2 amide bonds. The van der Waals surface area contributed by atoms with E-state index in [1.54, 1.807) is 0 Å². The lowest BCUT2D eigenvalue weighted by molar-refractivity contribution is -0.929. The zero-order chi connectivity index (χ0) is 12.9. The first kappa shape index (κ1) is 13.7. The summed E-state index contributed by atoms with van der Waals surface area (Å²) in [4.78, 5) is 24.1. The summed E-state index contributed by atoms with van der Waals surface area (Å²) in [5.74, 6) is -0.255. The molecule has 1 rings (SSSR count). The van der Waals surface area contributed by atoms with Crippen molar-refractivity contribution in [3.8, 4) is 0 Å². The van der Waals surface area contributed by atoms with Gasteiger partial charge in [-0.15, -0.1) is 0 Å². The van der Waals surface area contributed by atoms with Crippen LogP contribution < -0.4 is 5.73 Å². The summed E-state index contributed by atoms with van der Waals surface area (Å²) in [5, 5.41) is 0. The molecular weight excluding hydrogens is 218 g/mol. The van der Waals surface area contributed by atoms with Crippen molar-refractivity contribution < 1.29 is 14.1 Å². The SMILES string of the molecule is C=CC(=O)N1CC[N+](CC)(CCC(N)=O)CC1. The van der Waals surface area contributed by atoms with E-state index in [-0.39, 0.29) is 11.8 Å². The van der Waals surface area contributed by atoms with Crippen molar-refractivity contribution in [1.29, 1.82) is 0 Å². The van der Waals surface area contributed by atoms with Crippen LogP contribution >= 0.6 is 0 Å². The molecule has 0 aliphatic carbocycles. The number of carbonyl (C=O) groups is 2. The summed E-state index contributed by atoms with van der Waals surface area (Å²) in [6.07, 6.45) is 1.78. The number of likely N-dealkylation sites (N-methyl/N-ethyl adjacent to an activating group) is 1. The van der Waals surface area contributed by atoms with E-state index in [2.05, 4.69) is 13.5 Å². The molecule has 0 bridgehead atoms. The zero-order valence-electron chi connectivity index (χ0n) is 10.5. The summed E-state index contributed by atoms with van der Waals surface area (Å²) >= 11 is 0. The van der Waals surface area contributed by atoms with E-state index in [1.165, 1.54) is 6.08 Å². The molecule has 1 aliphatic rings. The van der Waals surface area contributed by atoms with Gasteiger partial charge in [-0.3, -0.25) is 9.59 Å². The van der Waals surface area contributed by atoms with Crippen molar-refractivity contribution in [2.75, 3.05) is 39.3 Å². The Morgan fingerprint density at radius 2 is 2.00 bits per heavy atom. The number of amides is 2. The molecule has 5 heteroatoms. The normalized spacial score (nSPS) is 18.8. The van der Waals surface area contributed by atoms with Gasteiger partial charge in [-0.05, 0) is 13.0 Å². The second-order valence-electron chi connectivity index (χ2n) is 4.57. The lowest BCUT2D eigenvalue weighted by Gasteiger charge is -2.44. The van der Waals surface area contributed by atoms with Crippen LogP contribution in [0.2, 0.25) is 0 Å². The van der Waals surface area contributed by atoms with E-state index in [0.717, 1.165) is 43.8 Å². The van der Waals surface area contributed by atoms with Gasteiger partial charge in [0.1, 0.15) is 0 Å². The standard InChI is InChI=1S/C12H21N3O2/c1-3-12(17)14-6-9-15(4-2,10-7-14)8-5-11(13)16/h3H,1,4-10H2,2H3,(H-,13,16)/p+1. The molecule has 96 valence electrons. The van der Waals surface area contributed by atoms with Crippen LogP contribution in [-0.2, 0) is 9.59 Å². The second kappa shape index (κ2) is 5.82. The first-order valence-electron chi connectivity index (χ1n) is 6.08. The molecule has 0 atom stereocenters. The molecule has 2 N–H and O–H groups in total. The van der Waals surface area contributed by atoms with Crippen molar-refractivity contribution >= 4 is 11.8 Å². The summed E-state index contributed by atoms with van der Waals surface area (Å²) in [6, 6.07) is 0. The Bertz CT molecular complexity index is 307. The molecule has 1 fully saturated rings. The predicted molar refractivity (Wildman–Crippen MR) is 66.0 cm³/mol. The number of nitrogens with two attached hydrogens (primary N) is 1. The maximum absolute atomic E-state index is 11.5. The molecular formula is C12H22N3O2+. The van der Waals surface area contributed by atoms with Crippen molar-refractivity contribution in [3.05, 3.63) is 12.7 Å². The molecule has 0 saturated carbocycles. The number of rotatable bonds is 5. The Morgan fingerprint density at radius 3 is 2.41 bits per heavy atom. The van der Waals surface area contributed by atoms with Gasteiger partial charge in [-0.25, -0.2) is 0 Å². The average molecular weight is 240 g/mol. The van der Waals surface area contributed by atoms with Gasteiger partial charge in [0.15, 0.2) is 0 Å². The van der Waals surface area contributed by atoms with Gasteiger partial charge in [0.2, 0.25) is 11.8 Å². The van der Waals surface area contributed by atoms with Crippen molar-refractivity contribution in [1.82, 2.24) is 4.90 Å². The number of nitrogens with zero attached hydrogens (tertiary/aromatic N) is 2. The van der Waals surface area contributed by atoms with E-state index < -0.39 is 0 Å². The number of piperazine rings is 1. The molecule has 1 aliphatic heterocycles. The quantitative estimate of drug-likeness (QED) is 0.531. The van der Waals surface area contributed by atoms with Crippen LogP contribution in [0.1, 0.15) is 13.3 Å². The highest BCUT2D eigenvalue weighted by molar-refractivity contribution is 5.87. The van der Waals surface area contributed by atoms with Crippen LogP contribution in [0.3, 0.4) is 0 Å². The Labute approximate surface area is 102 Å². The van der Waals surface area contributed by atoms with Crippen LogP contribution in [0, 0.1) is 0 Å². The fourth-order valence-corrected chi connectivity index (χ4v) is 2.28. The summed E-state index contributed by atoms with van der Waals surface area (Å²) in [5.41, 5.74) is 5.19. The van der Waals surface area contributed by atoms with Gasteiger partial charge in [-0.2, -0.15) is 0 Å². The third kappa shape index (κ3) is 3.56. The first-order chi connectivity index (χ1) is 8.03. The topological polar surface area (TPSA) is 63.4 Å². The number of quaternary nitrogens is 1. The van der Waals surface area contributed by atoms with Gasteiger partial charge in [-0.1, -0.05) is 6.58 Å². The van der Waals surface area contributed by atoms with Gasteiger partial charge in [0, 0.05) is 0 Å². The van der Waals surface area contributed by atoms with E-state index in [9.17, 15) is 9.59 Å². The van der Waals surface area contributed by atoms with Crippen LogP contribution in [0.25, 0.3) is 0 Å². The zero-order valence-corrected chi connectivity index (χ0v) is 10.5. The lowest BCUT2D eigenvalue weighted by Crippen LogP contribution is -2.60. The maximum atomic E-state index is 11.5. The van der Waals surface area contributed by atoms with Crippen LogP contribution in [-0.4, -0.2) is 60.5 Å². The summed E-state index contributed by atoms with van der Waals surface area (Å²) in [6.45, 7) is 10.6. The second-order valence-corrected chi connectivity index (χ2v) is 4.57. The number of hydrogen-bond acceptors (Lipinski definition) is 2. The fourth-order valence-electron chi connectivity index (χ4n) is 2.28. The molecule has 0 aromatic carbocycles. The Morgan fingerprint density at radius 1 is 1.41 bits per heavy atom. The Hall–Kier alpha value is -1.36. The monoisotopic (exact) mass is 240 g/mol. The largest absolute Gasteiger partial charge is 0.369 e. The predicted octanol–water partition coefficient (Wildman–Crippen LogP) is -0.273. The smallest absolute Gasteiger partial charge is 0.246 e. The minimum Gasteiger partial charge on any atom is -0.369 e. The molecule has 1 heterocycles. The average Bonchev–Trinajstić information content (AvgIpc) is 2.36. The van der Waals surface area contributed by atoms with Gasteiger partial charge >= 0.3 is 0 Å². The van der Waals surface area contributed by atoms with Gasteiger partial charge < -0.3 is 15.1 Å². The lowest BCUT2D eigenvalue weighted by atomic mass is 10.2. The Balaban J connectivity index is 2.53. The van der Waals surface area contributed by atoms with Crippen molar-refractivity contribution in [3.63, 3.8) is 0 Å². The van der Waals surface area contributed by atoms with Crippen LogP contribution in [0.4, 0.5) is 0 Å². The minimum atomic E-state index is -0.249. The van der Waals surface area contributed by atoms with E-state index >= 15 is 0 Å². The fraction of sp³-hybridized carbons (Fsp3) is 0.667. The Kier molecular flexibility index (Phi) is 4.69. The molecule has 17 heavy (non-hydrogen) atoms. The highest BCUT2D eigenvalue weighted by Crippen LogP contribution is 2.14. The molecule has 0 unspecified atom stereocenters. The maximum Gasteiger partial charge on any atom is 0.246 e. The highest BCUT2D eigenvalue weighted by atomic mass is 16.2. The van der Waals surface area contributed by atoms with E-state index in [4.69, 9.17) is 5.73 Å². The number of hydrogen-bond donors (Lipinski definition) is 1. The van der Waals surface area contributed by atoms with E-state index in [1.807, 2.05) is 4.90 Å². The third-order valence-electron chi connectivity index (χ3n) is 3.68. The van der Waals surface area contributed by atoms with Crippen molar-refractivity contribution in [2.24, 2.45) is 5.73 Å². The molecule has 0 aromatic rings. The van der Waals surface area contributed by atoms with Gasteiger partial charge in [0.05, 0.1) is 45.7 Å².